The lowest BCUT2D eigenvalue weighted by atomic mass is 10.2. The molecule has 2 rings (SSSR count). The Balaban J connectivity index is 1.95. The van der Waals surface area contributed by atoms with Gasteiger partial charge in [-0.15, -0.1) is 0 Å². The minimum Gasteiger partial charge on any atom is -0.486 e. The first-order valence-corrected chi connectivity index (χ1v) is 5.55. The van der Waals surface area contributed by atoms with Crippen LogP contribution in [0.15, 0.2) is 18.2 Å². The van der Waals surface area contributed by atoms with Gasteiger partial charge in [-0.05, 0) is 17.7 Å². The number of hydrogen-bond donors (Lipinski definition) is 2. The first-order valence-electron chi connectivity index (χ1n) is 5.55. The van der Waals surface area contributed by atoms with Gasteiger partial charge in [0.05, 0.1) is 6.61 Å². The highest BCUT2D eigenvalue weighted by molar-refractivity contribution is 5.75. The maximum absolute atomic E-state index is 11.2. The molecule has 0 atom stereocenters. The summed E-state index contributed by atoms with van der Waals surface area (Å²) in [6.07, 6.45) is 0.130. The molecule has 5 nitrogen and oxygen atoms in total. The van der Waals surface area contributed by atoms with Gasteiger partial charge in [0.25, 0.3) is 0 Å². The van der Waals surface area contributed by atoms with Gasteiger partial charge >= 0.3 is 0 Å². The number of rotatable bonds is 4. The molecule has 1 aromatic carbocycles. The molecule has 0 saturated carbocycles. The minimum atomic E-state index is -0.164. The van der Waals surface area contributed by atoms with E-state index in [0.717, 1.165) is 11.3 Å². The van der Waals surface area contributed by atoms with Crippen LogP contribution in [0.1, 0.15) is 12.0 Å². The van der Waals surface area contributed by atoms with Crippen molar-refractivity contribution in [2.45, 2.75) is 13.0 Å². The Labute approximate surface area is 99.3 Å². The van der Waals surface area contributed by atoms with Crippen LogP contribution >= 0.6 is 0 Å². The van der Waals surface area contributed by atoms with Crippen LogP contribution in [-0.4, -0.2) is 30.8 Å². The molecule has 92 valence electrons. The molecule has 5 heteroatoms. The van der Waals surface area contributed by atoms with Gasteiger partial charge in [0.2, 0.25) is 5.91 Å². The quantitative estimate of drug-likeness (QED) is 0.798. The fourth-order valence-corrected chi connectivity index (χ4v) is 1.59. The highest BCUT2D eigenvalue weighted by Gasteiger charge is 2.11. The monoisotopic (exact) mass is 237 g/mol. The van der Waals surface area contributed by atoms with E-state index in [1.165, 1.54) is 0 Å². The minimum absolute atomic E-state index is 0.130. The van der Waals surface area contributed by atoms with Crippen LogP contribution in [0.3, 0.4) is 0 Å². The summed E-state index contributed by atoms with van der Waals surface area (Å²) in [4.78, 5) is 11.2. The summed E-state index contributed by atoms with van der Waals surface area (Å²) in [5.41, 5.74) is 0.945. The van der Waals surface area contributed by atoms with E-state index < -0.39 is 0 Å². The van der Waals surface area contributed by atoms with E-state index >= 15 is 0 Å². The first-order chi connectivity index (χ1) is 8.29. The number of aliphatic hydroxyl groups excluding tert-OH is 1. The fourth-order valence-electron chi connectivity index (χ4n) is 1.59. The summed E-state index contributed by atoms with van der Waals surface area (Å²) in [5.74, 6) is 1.29. The predicted molar refractivity (Wildman–Crippen MR) is 61.0 cm³/mol. The van der Waals surface area contributed by atoms with Crippen molar-refractivity contribution in [1.82, 2.24) is 5.32 Å². The van der Waals surface area contributed by atoms with Gasteiger partial charge in [0, 0.05) is 13.0 Å². The lowest BCUT2D eigenvalue weighted by Gasteiger charge is -2.18. The van der Waals surface area contributed by atoms with Gasteiger partial charge < -0.3 is 19.9 Å². The highest BCUT2D eigenvalue weighted by Crippen LogP contribution is 2.30. The summed E-state index contributed by atoms with van der Waals surface area (Å²) in [6.45, 7) is 1.41. The van der Waals surface area contributed by atoms with E-state index in [0.29, 0.717) is 25.5 Å². The number of fused-ring (bicyclic) bond motifs is 1. The summed E-state index contributed by atoms with van der Waals surface area (Å²) in [6, 6.07) is 5.57. The second-order valence-corrected chi connectivity index (χ2v) is 3.73. The van der Waals surface area contributed by atoms with Crippen molar-refractivity contribution in [2.75, 3.05) is 19.8 Å². The number of aliphatic hydroxyl groups is 1. The van der Waals surface area contributed by atoms with Gasteiger partial charge in [0.15, 0.2) is 11.5 Å². The molecular weight excluding hydrogens is 222 g/mol. The molecule has 0 spiro atoms. The number of nitrogens with one attached hydrogen (secondary N) is 1. The van der Waals surface area contributed by atoms with Crippen molar-refractivity contribution >= 4 is 5.91 Å². The second kappa shape index (κ2) is 5.54. The van der Waals surface area contributed by atoms with Gasteiger partial charge in [-0.3, -0.25) is 4.79 Å². The topological polar surface area (TPSA) is 67.8 Å². The lowest BCUT2D eigenvalue weighted by Crippen LogP contribution is -2.23. The zero-order valence-corrected chi connectivity index (χ0v) is 9.44. The van der Waals surface area contributed by atoms with Crippen molar-refractivity contribution in [3.63, 3.8) is 0 Å². The molecule has 0 bridgehead atoms. The molecule has 0 unspecified atom stereocenters. The number of carbonyl (C=O) groups excluding carboxylic acids is 1. The normalized spacial score (nSPS) is 13.2. The van der Waals surface area contributed by atoms with Crippen molar-refractivity contribution in [3.8, 4) is 11.5 Å². The molecule has 1 aromatic rings. The Morgan fingerprint density at radius 3 is 2.82 bits per heavy atom. The van der Waals surface area contributed by atoms with Crippen LogP contribution in [0.2, 0.25) is 0 Å². The zero-order chi connectivity index (χ0) is 12.1. The number of benzene rings is 1. The molecule has 1 heterocycles. The third-order valence-corrected chi connectivity index (χ3v) is 2.44. The molecule has 0 aromatic heterocycles. The Kier molecular flexibility index (Phi) is 3.82. The summed E-state index contributed by atoms with van der Waals surface area (Å²) in [5, 5.41) is 11.3. The second-order valence-electron chi connectivity index (χ2n) is 3.73. The Morgan fingerprint density at radius 1 is 1.29 bits per heavy atom. The summed E-state index contributed by atoms with van der Waals surface area (Å²) in [7, 11) is 0. The largest absolute Gasteiger partial charge is 0.486 e. The molecule has 0 saturated heterocycles. The van der Waals surface area contributed by atoms with Gasteiger partial charge in [-0.2, -0.15) is 0 Å². The Morgan fingerprint density at radius 2 is 2.06 bits per heavy atom. The molecule has 1 aliphatic heterocycles. The van der Waals surface area contributed by atoms with E-state index in [1.54, 1.807) is 0 Å². The predicted octanol–water partition coefficient (Wildman–Crippen LogP) is 0.456. The van der Waals surface area contributed by atoms with Crippen LogP contribution in [0, 0.1) is 0 Å². The first kappa shape index (κ1) is 11.7. The van der Waals surface area contributed by atoms with Gasteiger partial charge in [-0.1, -0.05) is 6.07 Å². The highest BCUT2D eigenvalue weighted by atomic mass is 16.6. The molecule has 1 amide bonds. The van der Waals surface area contributed by atoms with E-state index in [4.69, 9.17) is 14.6 Å². The fraction of sp³-hybridized carbons (Fsp3) is 0.417. The van der Waals surface area contributed by atoms with Crippen molar-refractivity contribution in [3.05, 3.63) is 23.8 Å². The van der Waals surface area contributed by atoms with Crippen LogP contribution in [0.4, 0.5) is 0 Å². The smallest absolute Gasteiger partial charge is 0.222 e. The molecule has 2 N–H and O–H groups in total. The molecule has 0 radical (unpaired) electrons. The Bertz CT molecular complexity index is 405. The number of carbonyl (C=O) groups is 1. The number of amides is 1. The van der Waals surface area contributed by atoms with Crippen molar-refractivity contribution in [2.24, 2.45) is 0 Å². The van der Waals surface area contributed by atoms with Crippen LogP contribution in [0.25, 0.3) is 0 Å². The molecule has 1 aliphatic rings. The standard InChI is InChI=1S/C12H15NO4/c14-4-3-12(15)13-8-9-1-2-10-11(7-9)17-6-5-16-10/h1-2,7,14H,3-6,8H2,(H,13,15). The van der Waals surface area contributed by atoms with Crippen LogP contribution in [-0.2, 0) is 11.3 Å². The third kappa shape index (κ3) is 3.10. The van der Waals surface area contributed by atoms with Gasteiger partial charge in [0.1, 0.15) is 13.2 Å². The summed E-state index contributed by atoms with van der Waals surface area (Å²) < 4.78 is 10.8. The van der Waals surface area contributed by atoms with Gasteiger partial charge in [-0.25, -0.2) is 0 Å². The molecule has 0 fully saturated rings. The average Bonchev–Trinajstić information content (AvgIpc) is 2.36. The Hall–Kier alpha value is -1.75. The van der Waals surface area contributed by atoms with Crippen molar-refractivity contribution < 1.29 is 19.4 Å². The van der Waals surface area contributed by atoms with E-state index in [-0.39, 0.29) is 18.9 Å². The van der Waals surface area contributed by atoms with E-state index in [1.807, 2.05) is 18.2 Å². The average molecular weight is 237 g/mol. The molecular formula is C12H15NO4. The SMILES string of the molecule is O=C(CCO)NCc1ccc2c(c1)OCCO2. The van der Waals surface area contributed by atoms with Crippen LogP contribution in [0.5, 0.6) is 11.5 Å². The third-order valence-electron chi connectivity index (χ3n) is 2.44. The molecule has 17 heavy (non-hydrogen) atoms. The molecule has 0 aliphatic carbocycles. The lowest BCUT2D eigenvalue weighted by molar-refractivity contribution is -0.121. The van der Waals surface area contributed by atoms with E-state index in [2.05, 4.69) is 5.32 Å². The summed E-state index contributed by atoms with van der Waals surface area (Å²) >= 11 is 0. The zero-order valence-electron chi connectivity index (χ0n) is 9.44. The maximum atomic E-state index is 11.2. The van der Waals surface area contributed by atoms with Crippen LogP contribution < -0.4 is 14.8 Å². The number of ether oxygens (including phenoxy) is 2. The van der Waals surface area contributed by atoms with Crippen molar-refractivity contribution in [1.29, 1.82) is 0 Å². The van der Waals surface area contributed by atoms with E-state index in [9.17, 15) is 4.79 Å². The number of hydrogen-bond acceptors (Lipinski definition) is 4. The maximum Gasteiger partial charge on any atom is 0.222 e.